The van der Waals surface area contributed by atoms with Crippen LogP contribution in [0.4, 0.5) is 0 Å². The zero-order valence-corrected chi connectivity index (χ0v) is 10.9. The molecule has 0 saturated carbocycles. The first-order valence-electron chi connectivity index (χ1n) is 6.11. The fourth-order valence-corrected chi connectivity index (χ4v) is 1.85. The second kappa shape index (κ2) is 6.02. The molecule has 2 atom stereocenters. The minimum absolute atomic E-state index is 0.272. The van der Waals surface area contributed by atoms with E-state index >= 15 is 0 Å². The van der Waals surface area contributed by atoms with Crippen LogP contribution in [0.2, 0.25) is 0 Å². The van der Waals surface area contributed by atoms with Gasteiger partial charge in [0.05, 0.1) is 0 Å². The standard InChI is InChI=1S/C14H24N2/c1-5-10(2)8-14(16-15)13-7-6-11(3)12(4)9-13/h6-7,9-10,14,16H,5,8,15H2,1-4H3. The van der Waals surface area contributed by atoms with Crippen molar-refractivity contribution in [2.45, 2.75) is 46.6 Å². The summed E-state index contributed by atoms with van der Waals surface area (Å²) in [4.78, 5) is 0. The molecule has 1 aromatic rings. The van der Waals surface area contributed by atoms with Gasteiger partial charge < -0.3 is 0 Å². The molecule has 0 spiro atoms. The Labute approximate surface area is 99.2 Å². The predicted molar refractivity (Wildman–Crippen MR) is 70.1 cm³/mol. The van der Waals surface area contributed by atoms with Crippen LogP contribution in [0.5, 0.6) is 0 Å². The van der Waals surface area contributed by atoms with Crippen molar-refractivity contribution in [1.82, 2.24) is 5.43 Å². The predicted octanol–water partition coefficient (Wildman–Crippen LogP) is 3.24. The van der Waals surface area contributed by atoms with E-state index < -0.39 is 0 Å². The van der Waals surface area contributed by atoms with E-state index in [1.165, 1.54) is 23.1 Å². The van der Waals surface area contributed by atoms with Crippen molar-refractivity contribution in [1.29, 1.82) is 0 Å². The van der Waals surface area contributed by atoms with Gasteiger partial charge in [0.25, 0.3) is 0 Å². The van der Waals surface area contributed by atoms with E-state index in [0.717, 1.165) is 6.42 Å². The zero-order valence-electron chi connectivity index (χ0n) is 10.9. The summed E-state index contributed by atoms with van der Waals surface area (Å²) in [5, 5.41) is 0. The lowest BCUT2D eigenvalue weighted by atomic mass is 9.93. The zero-order chi connectivity index (χ0) is 12.1. The van der Waals surface area contributed by atoms with Crippen LogP contribution in [0, 0.1) is 19.8 Å². The molecular weight excluding hydrogens is 196 g/mol. The van der Waals surface area contributed by atoms with Gasteiger partial charge in [0.1, 0.15) is 0 Å². The van der Waals surface area contributed by atoms with Gasteiger partial charge in [-0.2, -0.15) is 0 Å². The SMILES string of the molecule is CCC(C)CC(NN)c1ccc(C)c(C)c1. The maximum Gasteiger partial charge on any atom is 0.0462 e. The van der Waals surface area contributed by atoms with Gasteiger partial charge in [0.15, 0.2) is 0 Å². The highest BCUT2D eigenvalue weighted by Gasteiger charge is 2.13. The first-order valence-corrected chi connectivity index (χ1v) is 6.11. The lowest BCUT2D eigenvalue weighted by molar-refractivity contribution is 0.407. The van der Waals surface area contributed by atoms with Crippen molar-refractivity contribution in [2.75, 3.05) is 0 Å². The average Bonchev–Trinajstić information content (AvgIpc) is 2.29. The van der Waals surface area contributed by atoms with Gasteiger partial charge in [-0.25, -0.2) is 0 Å². The van der Waals surface area contributed by atoms with Crippen LogP contribution in [0.1, 0.15) is 49.4 Å². The Morgan fingerprint density at radius 2 is 1.94 bits per heavy atom. The van der Waals surface area contributed by atoms with E-state index in [0.29, 0.717) is 5.92 Å². The molecule has 2 nitrogen and oxygen atoms in total. The summed E-state index contributed by atoms with van der Waals surface area (Å²) in [6.07, 6.45) is 2.29. The number of hydrogen-bond acceptors (Lipinski definition) is 2. The second-order valence-electron chi connectivity index (χ2n) is 4.81. The van der Waals surface area contributed by atoms with Crippen LogP contribution in [0.25, 0.3) is 0 Å². The highest BCUT2D eigenvalue weighted by atomic mass is 15.2. The summed E-state index contributed by atoms with van der Waals surface area (Å²) in [5.41, 5.74) is 6.90. The van der Waals surface area contributed by atoms with Crippen molar-refractivity contribution < 1.29 is 0 Å². The third-order valence-corrected chi connectivity index (χ3v) is 3.47. The Bertz CT molecular complexity index is 334. The summed E-state index contributed by atoms with van der Waals surface area (Å²) in [7, 11) is 0. The van der Waals surface area contributed by atoms with Crippen LogP contribution in [-0.4, -0.2) is 0 Å². The molecule has 90 valence electrons. The summed E-state index contributed by atoms with van der Waals surface area (Å²) in [6.45, 7) is 8.78. The lowest BCUT2D eigenvalue weighted by Crippen LogP contribution is -2.29. The molecule has 1 rings (SSSR count). The Balaban J connectivity index is 2.82. The molecule has 0 amide bonds. The van der Waals surface area contributed by atoms with E-state index in [9.17, 15) is 0 Å². The first kappa shape index (κ1) is 13.2. The van der Waals surface area contributed by atoms with Gasteiger partial charge in [0, 0.05) is 6.04 Å². The molecule has 2 heteroatoms. The van der Waals surface area contributed by atoms with Gasteiger partial charge in [0.2, 0.25) is 0 Å². The Morgan fingerprint density at radius 1 is 1.25 bits per heavy atom. The molecule has 1 aromatic carbocycles. The molecule has 0 aliphatic rings. The number of rotatable bonds is 5. The number of benzene rings is 1. The first-order chi connectivity index (χ1) is 7.58. The fraction of sp³-hybridized carbons (Fsp3) is 0.571. The highest BCUT2D eigenvalue weighted by molar-refractivity contribution is 5.31. The van der Waals surface area contributed by atoms with Gasteiger partial charge in [-0.1, -0.05) is 38.5 Å². The van der Waals surface area contributed by atoms with Crippen LogP contribution in [-0.2, 0) is 0 Å². The topological polar surface area (TPSA) is 38.0 Å². The molecule has 0 radical (unpaired) electrons. The number of nitrogens with two attached hydrogens (primary N) is 1. The normalized spacial score (nSPS) is 14.8. The van der Waals surface area contributed by atoms with Gasteiger partial charge >= 0.3 is 0 Å². The molecule has 0 aliphatic carbocycles. The second-order valence-corrected chi connectivity index (χ2v) is 4.81. The largest absolute Gasteiger partial charge is 0.271 e. The monoisotopic (exact) mass is 220 g/mol. The number of hydrazine groups is 1. The Morgan fingerprint density at radius 3 is 2.44 bits per heavy atom. The number of nitrogens with one attached hydrogen (secondary N) is 1. The fourth-order valence-electron chi connectivity index (χ4n) is 1.85. The van der Waals surface area contributed by atoms with Crippen molar-refractivity contribution >= 4 is 0 Å². The minimum Gasteiger partial charge on any atom is -0.271 e. The van der Waals surface area contributed by atoms with E-state index in [4.69, 9.17) is 5.84 Å². The molecular formula is C14H24N2. The molecule has 0 aliphatic heterocycles. The van der Waals surface area contributed by atoms with Crippen LogP contribution >= 0.6 is 0 Å². The van der Waals surface area contributed by atoms with E-state index in [1.54, 1.807) is 0 Å². The summed E-state index contributed by atoms with van der Waals surface area (Å²) in [5.74, 6) is 6.34. The van der Waals surface area contributed by atoms with Crippen LogP contribution in [0.3, 0.4) is 0 Å². The molecule has 16 heavy (non-hydrogen) atoms. The van der Waals surface area contributed by atoms with E-state index in [-0.39, 0.29) is 6.04 Å². The van der Waals surface area contributed by atoms with Gasteiger partial charge in [-0.3, -0.25) is 11.3 Å². The average molecular weight is 220 g/mol. The molecule has 3 N–H and O–H groups in total. The number of aryl methyl sites for hydroxylation is 2. The van der Waals surface area contributed by atoms with Crippen LogP contribution in [0.15, 0.2) is 18.2 Å². The maximum atomic E-state index is 5.65. The maximum absolute atomic E-state index is 5.65. The lowest BCUT2D eigenvalue weighted by Gasteiger charge is -2.20. The Hall–Kier alpha value is -0.860. The smallest absolute Gasteiger partial charge is 0.0462 e. The Kier molecular flexibility index (Phi) is 4.97. The molecule has 0 saturated heterocycles. The summed E-state index contributed by atoms with van der Waals surface area (Å²) in [6, 6.07) is 6.86. The third kappa shape index (κ3) is 3.32. The molecule has 2 unspecified atom stereocenters. The van der Waals surface area contributed by atoms with Crippen molar-refractivity contribution in [3.05, 3.63) is 34.9 Å². The quantitative estimate of drug-likeness (QED) is 0.590. The molecule has 0 aromatic heterocycles. The molecule has 0 fully saturated rings. The van der Waals surface area contributed by atoms with Gasteiger partial charge in [-0.05, 0) is 42.9 Å². The molecule has 0 bridgehead atoms. The minimum atomic E-state index is 0.272. The van der Waals surface area contributed by atoms with Gasteiger partial charge in [-0.15, -0.1) is 0 Å². The van der Waals surface area contributed by atoms with Crippen molar-refractivity contribution in [3.63, 3.8) is 0 Å². The van der Waals surface area contributed by atoms with Crippen molar-refractivity contribution in [2.24, 2.45) is 11.8 Å². The highest BCUT2D eigenvalue weighted by Crippen LogP contribution is 2.23. The third-order valence-electron chi connectivity index (χ3n) is 3.47. The van der Waals surface area contributed by atoms with E-state index in [2.05, 4.69) is 51.3 Å². The molecule has 0 heterocycles. The van der Waals surface area contributed by atoms with Crippen molar-refractivity contribution in [3.8, 4) is 0 Å². The summed E-state index contributed by atoms with van der Waals surface area (Å²) < 4.78 is 0. The number of hydrogen-bond donors (Lipinski definition) is 2. The summed E-state index contributed by atoms with van der Waals surface area (Å²) >= 11 is 0. The van der Waals surface area contributed by atoms with E-state index in [1.807, 2.05) is 0 Å². The van der Waals surface area contributed by atoms with Crippen LogP contribution < -0.4 is 11.3 Å².